The van der Waals surface area contributed by atoms with Crippen molar-refractivity contribution < 1.29 is 32.9 Å². The third-order valence-electron chi connectivity index (χ3n) is 2.37. The van der Waals surface area contributed by atoms with E-state index in [0.717, 1.165) is 18.2 Å². The molecule has 0 atom stereocenters. The Morgan fingerprint density at radius 3 is 2.55 bits per heavy atom. The molecule has 0 aliphatic carbocycles. The highest BCUT2D eigenvalue weighted by molar-refractivity contribution is 5.91. The van der Waals surface area contributed by atoms with Crippen LogP contribution in [0.4, 0.5) is 18.9 Å². The highest BCUT2D eigenvalue weighted by Crippen LogP contribution is 2.33. The van der Waals surface area contributed by atoms with Gasteiger partial charge in [0.05, 0.1) is 30.9 Å². The molecule has 0 fully saturated rings. The number of carbonyl (C=O) groups is 1. The molecule has 1 aromatic rings. The van der Waals surface area contributed by atoms with E-state index in [9.17, 15) is 18.0 Å². The highest BCUT2D eigenvalue weighted by Gasteiger charge is 2.35. The molecular weight excluding hydrogens is 279 g/mol. The van der Waals surface area contributed by atoms with Gasteiger partial charge in [-0.25, -0.2) is 4.79 Å². The minimum Gasteiger partial charge on any atom is -0.478 e. The van der Waals surface area contributed by atoms with Gasteiger partial charge < -0.3 is 20.3 Å². The second-order valence-electron chi connectivity index (χ2n) is 3.83. The molecule has 0 amide bonds. The van der Waals surface area contributed by atoms with Crippen LogP contribution in [0.25, 0.3) is 0 Å². The minimum absolute atomic E-state index is 0.122. The molecule has 0 saturated heterocycles. The molecule has 20 heavy (non-hydrogen) atoms. The number of halogens is 3. The number of ether oxygens (including phenoxy) is 1. The van der Waals surface area contributed by atoms with Gasteiger partial charge in [0, 0.05) is 12.2 Å². The molecule has 0 heterocycles. The van der Waals surface area contributed by atoms with Crippen LogP contribution in [0.1, 0.15) is 15.9 Å². The zero-order chi connectivity index (χ0) is 15.2. The van der Waals surface area contributed by atoms with Crippen LogP contribution in [-0.4, -0.2) is 42.5 Å². The van der Waals surface area contributed by atoms with E-state index in [-0.39, 0.29) is 32.1 Å². The van der Waals surface area contributed by atoms with E-state index < -0.39 is 23.3 Å². The Morgan fingerprint density at radius 1 is 1.30 bits per heavy atom. The van der Waals surface area contributed by atoms with Crippen LogP contribution in [0.15, 0.2) is 18.2 Å². The lowest BCUT2D eigenvalue weighted by Crippen LogP contribution is -2.15. The molecular formula is C12H14F3NO4. The fraction of sp³-hybridized carbons (Fsp3) is 0.417. The number of nitrogens with one attached hydrogen (secondary N) is 1. The molecule has 0 aliphatic heterocycles. The van der Waals surface area contributed by atoms with Crippen molar-refractivity contribution >= 4 is 11.7 Å². The van der Waals surface area contributed by atoms with Gasteiger partial charge in [0.25, 0.3) is 0 Å². The SMILES string of the molecule is O=C(O)c1cc(NCCOCCO)ccc1C(F)(F)F. The van der Waals surface area contributed by atoms with Crippen molar-refractivity contribution in [2.45, 2.75) is 6.18 Å². The number of carboxylic acids is 1. The second-order valence-corrected chi connectivity index (χ2v) is 3.83. The molecule has 3 N–H and O–H groups in total. The maximum atomic E-state index is 12.6. The minimum atomic E-state index is -4.71. The van der Waals surface area contributed by atoms with Gasteiger partial charge in [-0.05, 0) is 18.2 Å². The van der Waals surface area contributed by atoms with Crippen LogP contribution in [0.2, 0.25) is 0 Å². The summed E-state index contributed by atoms with van der Waals surface area (Å²) in [6.07, 6.45) is -4.71. The molecule has 0 spiro atoms. The zero-order valence-electron chi connectivity index (χ0n) is 10.4. The van der Waals surface area contributed by atoms with Gasteiger partial charge in [-0.15, -0.1) is 0 Å². The second kappa shape index (κ2) is 7.11. The Bertz CT molecular complexity index is 463. The van der Waals surface area contributed by atoms with Gasteiger partial charge in [-0.3, -0.25) is 0 Å². The van der Waals surface area contributed by atoms with Gasteiger partial charge >= 0.3 is 12.1 Å². The van der Waals surface area contributed by atoms with Gasteiger partial charge in [0.2, 0.25) is 0 Å². The van der Waals surface area contributed by atoms with Crippen molar-refractivity contribution in [3.05, 3.63) is 29.3 Å². The van der Waals surface area contributed by atoms with Crippen LogP contribution in [0.3, 0.4) is 0 Å². The highest BCUT2D eigenvalue weighted by atomic mass is 19.4. The van der Waals surface area contributed by atoms with Crippen molar-refractivity contribution in [2.24, 2.45) is 0 Å². The number of aliphatic hydroxyl groups excluding tert-OH is 1. The summed E-state index contributed by atoms with van der Waals surface area (Å²) < 4.78 is 42.8. The largest absolute Gasteiger partial charge is 0.478 e. The third kappa shape index (κ3) is 4.71. The summed E-state index contributed by atoms with van der Waals surface area (Å²) in [5.74, 6) is -1.64. The summed E-state index contributed by atoms with van der Waals surface area (Å²) in [7, 11) is 0. The first-order valence-electron chi connectivity index (χ1n) is 5.73. The number of hydrogen-bond acceptors (Lipinski definition) is 4. The molecule has 0 aliphatic rings. The lowest BCUT2D eigenvalue weighted by molar-refractivity contribution is -0.138. The quantitative estimate of drug-likeness (QED) is 0.668. The van der Waals surface area contributed by atoms with E-state index >= 15 is 0 Å². The zero-order valence-corrected chi connectivity index (χ0v) is 10.4. The van der Waals surface area contributed by atoms with E-state index in [0.29, 0.717) is 0 Å². The van der Waals surface area contributed by atoms with Gasteiger partial charge in [0.15, 0.2) is 0 Å². The normalized spacial score (nSPS) is 11.4. The number of anilines is 1. The van der Waals surface area contributed by atoms with Gasteiger partial charge in [0.1, 0.15) is 0 Å². The maximum absolute atomic E-state index is 12.6. The van der Waals surface area contributed by atoms with E-state index in [1.807, 2.05) is 0 Å². The van der Waals surface area contributed by atoms with Crippen LogP contribution in [-0.2, 0) is 10.9 Å². The molecule has 0 saturated carbocycles. The summed E-state index contributed by atoms with van der Waals surface area (Å²) in [4.78, 5) is 10.9. The first kappa shape index (κ1) is 16.3. The topological polar surface area (TPSA) is 78.8 Å². The lowest BCUT2D eigenvalue weighted by Gasteiger charge is -2.13. The van der Waals surface area contributed by atoms with Crippen molar-refractivity contribution in [1.29, 1.82) is 0 Å². The smallest absolute Gasteiger partial charge is 0.417 e. The fourth-order valence-electron chi connectivity index (χ4n) is 1.51. The number of aliphatic hydroxyl groups is 1. The Kier molecular flexibility index (Phi) is 5.78. The first-order valence-corrected chi connectivity index (χ1v) is 5.73. The first-order chi connectivity index (χ1) is 9.36. The molecule has 5 nitrogen and oxygen atoms in total. The number of alkyl halides is 3. The standard InChI is InChI=1S/C12H14F3NO4/c13-12(14,15)10-2-1-8(7-9(10)11(18)19)16-3-5-20-6-4-17/h1-2,7,16-17H,3-6H2,(H,18,19). The van der Waals surface area contributed by atoms with Gasteiger partial charge in [-0.1, -0.05) is 0 Å². The molecule has 0 bridgehead atoms. The molecule has 0 unspecified atom stereocenters. The van der Waals surface area contributed by atoms with E-state index in [4.69, 9.17) is 14.9 Å². The van der Waals surface area contributed by atoms with Crippen molar-refractivity contribution in [2.75, 3.05) is 31.7 Å². The van der Waals surface area contributed by atoms with Crippen molar-refractivity contribution in [3.8, 4) is 0 Å². The average molecular weight is 293 g/mol. The number of benzene rings is 1. The van der Waals surface area contributed by atoms with Crippen molar-refractivity contribution in [3.63, 3.8) is 0 Å². The fourth-order valence-corrected chi connectivity index (χ4v) is 1.51. The maximum Gasteiger partial charge on any atom is 0.417 e. The van der Waals surface area contributed by atoms with Gasteiger partial charge in [-0.2, -0.15) is 13.2 Å². The monoisotopic (exact) mass is 293 g/mol. The summed E-state index contributed by atoms with van der Waals surface area (Å²) in [5, 5.41) is 20.0. The Labute approximate surface area is 113 Å². The predicted molar refractivity (Wildman–Crippen MR) is 64.8 cm³/mol. The Balaban J connectivity index is 2.76. The lowest BCUT2D eigenvalue weighted by atomic mass is 10.1. The molecule has 0 aromatic heterocycles. The summed E-state index contributed by atoms with van der Waals surface area (Å²) in [6, 6.07) is 2.80. The summed E-state index contributed by atoms with van der Waals surface area (Å²) in [6.45, 7) is 0.562. The summed E-state index contributed by atoms with van der Waals surface area (Å²) in [5.41, 5.74) is -1.74. The summed E-state index contributed by atoms with van der Waals surface area (Å²) >= 11 is 0. The van der Waals surface area contributed by atoms with Crippen LogP contribution >= 0.6 is 0 Å². The Hall–Kier alpha value is -1.80. The molecule has 1 aromatic carbocycles. The Morgan fingerprint density at radius 2 is 2.00 bits per heavy atom. The number of hydrogen-bond donors (Lipinski definition) is 3. The third-order valence-corrected chi connectivity index (χ3v) is 2.37. The number of carboxylic acid groups (broad SMARTS) is 1. The van der Waals surface area contributed by atoms with E-state index in [1.165, 1.54) is 0 Å². The van der Waals surface area contributed by atoms with Crippen LogP contribution in [0.5, 0.6) is 0 Å². The molecule has 0 radical (unpaired) electrons. The van der Waals surface area contributed by atoms with Crippen LogP contribution < -0.4 is 5.32 Å². The average Bonchev–Trinajstić information content (AvgIpc) is 2.37. The predicted octanol–water partition coefficient (Wildman–Crippen LogP) is 1.82. The molecule has 112 valence electrons. The number of aromatic carboxylic acids is 1. The number of rotatable bonds is 7. The van der Waals surface area contributed by atoms with E-state index in [2.05, 4.69) is 5.32 Å². The van der Waals surface area contributed by atoms with E-state index in [1.54, 1.807) is 0 Å². The molecule has 8 heteroatoms. The van der Waals surface area contributed by atoms with Crippen LogP contribution in [0, 0.1) is 0 Å². The molecule has 1 rings (SSSR count). The van der Waals surface area contributed by atoms with Crippen molar-refractivity contribution in [1.82, 2.24) is 0 Å².